The summed E-state index contributed by atoms with van der Waals surface area (Å²) in [4.78, 5) is 12.6. The van der Waals surface area contributed by atoms with E-state index < -0.39 is 5.41 Å². The van der Waals surface area contributed by atoms with Gasteiger partial charge in [-0.25, -0.2) is 0 Å². The average molecular weight is 364 g/mol. The Bertz CT molecular complexity index is 672. The molecule has 1 amide bonds. The van der Waals surface area contributed by atoms with Gasteiger partial charge in [-0.2, -0.15) is 0 Å². The largest absolute Gasteiger partial charge is 0.381 e. The van der Waals surface area contributed by atoms with Crippen LogP contribution in [0.5, 0.6) is 0 Å². The maximum Gasteiger partial charge on any atom is 0.233 e. The first-order valence-corrected chi connectivity index (χ1v) is 9.61. The summed E-state index contributed by atoms with van der Waals surface area (Å²) in [7, 11) is 0. The van der Waals surface area contributed by atoms with Gasteiger partial charge in [0.25, 0.3) is 0 Å². The van der Waals surface area contributed by atoms with Crippen LogP contribution < -0.4 is 11.1 Å². The molecule has 128 valence electrons. The van der Waals surface area contributed by atoms with E-state index in [1.165, 1.54) is 16.9 Å². The average Bonchev–Trinajstić information content (AvgIpc) is 3.09. The van der Waals surface area contributed by atoms with E-state index in [0.29, 0.717) is 37.7 Å². The number of nitrogens with two attached hydrogens (primary N) is 1. The molecule has 24 heavy (non-hydrogen) atoms. The summed E-state index contributed by atoms with van der Waals surface area (Å²) in [6.07, 6.45) is 1.29. The number of anilines is 1. The van der Waals surface area contributed by atoms with E-state index >= 15 is 0 Å². The van der Waals surface area contributed by atoms with E-state index in [1.54, 1.807) is 11.8 Å². The fraction of sp³-hybridized carbons (Fsp3) is 0.438. The molecule has 6 nitrogen and oxygen atoms in total. The number of ether oxygens (including phenoxy) is 1. The molecule has 3 N–H and O–H groups in total. The summed E-state index contributed by atoms with van der Waals surface area (Å²) in [5.74, 6) is 0.747. The molecule has 1 aliphatic rings. The lowest BCUT2D eigenvalue weighted by Crippen LogP contribution is -2.46. The Labute approximate surface area is 149 Å². The molecule has 1 saturated heterocycles. The number of hydrogen-bond donors (Lipinski definition) is 2. The second kappa shape index (κ2) is 8.06. The summed E-state index contributed by atoms with van der Waals surface area (Å²) in [5.41, 5.74) is 6.53. The van der Waals surface area contributed by atoms with E-state index in [4.69, 9.17) is 10.5 Å². The molecule has 0 unspecified atom stereocenters. The maximum atomic E-state index is 12.6. The summed E-state index contributed by atoms with van der Waals surface area (Å²) in [6, 6.07) is 10.2. The van der Waals surface area contributed by atoms with Crippen molar-refractivity contribution in [1.29, 1.82) is 0 Å². The van der Waals surface area contributed by atoms with Crippen molar-refractivity contribution in [3.05, 3.63) is 35.9 Å². The number of aromatic nitrogens is 2. The summed E-state index contributed by atoms with van der Waals surface area (Å²) < 4.78 is 6.18. The lowest BCUT2D eigenvalue weighted by atomic mass is 9.79. The number of benzene rings is 1. The Hall–Kier alpha value is -1.48. The predicted molar refractivity (Wildman–Crippen MR) is 96.1 cm³/mol. The number of thioether (sulfide) groups is 1. The van der Waals surface area contributed by atoms with Crippen LogP contribution >= 0.6 is 23.1 Å². The van der Waals surface area contributed by atoms with E-state index in [-0.39, 0.29) is 5.91 Å². The van der Waals surface area contributed by atoms with Crippen LogP contribution in [0.2, 0.25) is 0 Å². The molecule has 0 bridgehead atoms. The van der Waals surface area contributed by atoms with Crippen molar-refractivity contribution in [3.8, 4) is 0 Å². The van der Waals surface area contributed by atoms with E-state index in [9.17, 15) is 4.79 Å². The Morgan fingerprint density at radius 3 is 2.75 bits per heavy atom. The van der Waals surface area contributed by atoms with Crippen LogP contribution in [0.4, 0.5) is 5.13 Å². The number of amides is 1. The molecule has 2 aromatic rings. The highest BCUT2D eigenvalue weighted by atomic mass is 32.2. The smallest absolute Gasteiger partial charge is 0.233 e. The first-order chi connectivity index (χ1) is 11.7. The van der Waals surface area contributed by atoms with Crippen molar-refractivity contribution < 1.29 is 9.53 Å². The molecule has 2 heterocycles. The molecule has 0 atom stereocenters. The van der Waals surface area contributed by atoms with Crippen LogP contribution in [0.1, 0.15) is 18.4 Å². The Balaban J connectivity index is 1.58. The maximum absolute atomic E-state index is 12.6. The predicted octanol–water partition coefficient (Wildman–Crippen LogP) is 2.52. The number of carbonyl (C=O) groups is 1. The second-order valence-electron chi connectivity index (χ2n) is 5.70. The number of nitrogens with one attached hydrogen (secondary N) is 1. The molecular weight excluding hydrogens is 344 g/mol. The van der Waals surface area contributed by atoms with E-state index in [2.05, 4.69) is 27.6 Å². The molecule has 1 fully saturated rings. The highest BCUT2D eigenvalue weighted by molar-refractivity contribution is 8.00. The van der Waals surface area contributed by atoms with Gasteiger partial charge in [-0.3, -0.25) is 10.1 Å². The van der Waals surface area contributed by atoms with Gasteiger partial charge < -0.3 is 10.5 Å². The van der Waals surface area contributed by atoms with Crippen LogP contribution in [0.3, 0.4) is 0 Å². The van der Waals surface area contributed by atoms with Crippen LogP contribution in [0.15, 0.2) is 34.7 Å². The first-order valence-electron chi connectivity index (χ1n) is 7.81. The summed E-state index contributed by atoms with van der Waals surface area (Å²) in [5, 5.41) is 11.6. The summed E-state index contributed by atoms with van der Waals surface area (Å²) in [6.45, 7) is 1.45. The van der Waals surface area contributed by atoms with E-state index in [1.807, 2.05) is 18.2 Å². The lowest BCUT2D eigenvalue weighted by molar-refractivity contribution is -0.130. The number of hydrogen-bond acceptors (Lipinski definition) is 7. The highest BCUT2D eigenvalue weighted by Crippen LogP contribution is 2.33. The third-order valence-corrected chi connectivity index (χ3v) is 6.20. The molecule has 0 saturated carbocycles. The molecule has 0 radical (unpaired) electrons. The molecule has 1 aliphatic heterocycles. The lowest BCUT2D eigenvalue weighted by Gasteiger charge is -2.34. The van der Waals surface area contributed by atoms with Gasteiger partial charge >= 0.3 is 0 Å². The zero-order chi connectivity index (χ0) is 16.8. The third kappa shape index (κ3) is 4.13. The van der Waals surface area contributed by atoms with Gasteiger partial charge in [0.2, 0.25) is 11.0 Å². The van der Waals surface area contributed by atoms with Gasteiger partial charge in [-0.15, -0.1) is 10.2 Å². The topological polar surface area (TPSA) is 90.1 Å². The minimum absolute atomic E-state index is 0.0796. The third-order valence-electron chi connectivity index (χ3n) is 4.15. The Morgan fingerprint density at radius 1 is 1.29 bits per heavy atom. The van der Waals surface area contributed by atoms with Crippen LogP contribution in [0.25, 0.3) is 0 Å². The molecular formula is C16H20N4O2S2. The highest BCUT2D eigenvalue weighted by Gasteiger charge is 2.39. The van der Waals surface area contributed by atoms with Gasteiger partial charge in [0.05, 0.1) is 5.41 Å². The van der Waals surface area contributed by atoms with Gasteiger partial charge in [0.1, 0.15) is 0 Å². The molecule has 3 rings (SSSR count). The van der Waals surface area contributed by atoms with Crippen LogP contribution in [-0.2, 0) is 15.3 Å². The van der Waals surface area contributed by atoms with E-state index in [0.717, 1.165) is 10.1 Å². The quantitative estimate of drug-likeness (QED) is 0.605. The minimum Gasteiger partial charge on any atom is -0.381 e. The fourth-order valence-corrected chi connectivity index (χ4v) is 4.26. The summed E-state index contributed by atoms with van der Waals surface area (Å²) >= 11 is 3.00. The normalized spacial score (nSPS) is 16.7. The Morgan fingerprint density at radius 2 is 2.04 bits per heavy atom. The minimum atomic E-state index is -0.554. The molecule has 0 spiro atoms. The van der Waals surface area contributed by atoms with Gasteiger partial charge in [0.15, 0.2) is 4.34 Å². The SMILES string of the molecule is NCC1(C(=O)Nc2nnc(SCc3ccccc3)s2)CCOCC1. The van der Waals surface area contributed by atoms with Crippen LogP contribution in [-0.4, -0.2) is 35.9 Å². The van der Waals surface area contributed by atoms with Crippen molar-refractivity contribution in [3.63, 3.8) is 0 Å². The van der Waals surface area contributed by atoms with Crippen molar-refractivity contribution in [2.45, 2.75) is 22.9 Å². The molecule has 0 aliphatic carbocycles. The van der Waals surface area contributed by atoms with Crippen molar-refractivity contribution in [1.82, 2.24) is 10.2 Å². The van der Waals surface area contributed by atoms with Gasteiger partial charge in [-0.1, -0.05) is 53.4 Å². The number of nitrogens with zero attached hydrogens (tertiary/aromatic N) is 2. The van der Waals surface area contributed by atoms with Crippen molar-refractivity contribution in [2.75, 3.05) is 25.1 Å². The second-order valence-corrected chi connectivity index (χ2v) is 7.90. The molecule has 8 heteroatoms. The zero-order valence-corrected chi connectivity index (χ0v) is 14.9. The zero-order valence-electron chi connectivity index (χ0n) is 13.2. The fourth-order valence-electron chi connectivity index (χ4n) is 2.55. The molecule has 1 aromatic carbocycles. The standard InChI is InChI=1S/C16H20N4O2S2/c17-11-16(6-8-22-9-7-16)13(21)18-14-19-20-15(24-14)23-10-12-4-2-1-3-5-12/h1-5H,6-11,17H2,(H,18,19,21). The Kier molecular flexibility index (Phi) is 5.83. The van der Waals surface area contributed by atoms with Crippen molar-refractivity contribution in [2.24, 2.45) is 11.1 Å². The van der Waals surface area contributed by atoms with Crippen LogP contribution in [0, 0.1) is 5.41 Å². The van der Waals surface area contributed by atoms with Gasteiger partial charge in [0, 0.05) is 25.5 Å². The number of carbonyl (C=O) groups excluding carboxylic acids is 1. The van der Waals surface area contributed by atoms with Crippen molar-refractivity contribution >= 4 is 34.1 Å². The molecule has 1 aromatic heterocycles. The first kappa shape index (κ1) is 17.3. The van der Waals surface area contributed by atoms with Gasteiger partial charge in [-0.05, 0) is 18.4 Å². The monoisotopic (exact) mass is 364 g/mol. The number of rotatable bonds is 6.